The van der Waals surface area contributed by atoms with Gasteiger partial charge < -0.3 is 25.2 Å². The third kappa shape index (κ3) is 3.02. The first-order chi connectivity index (χ1) is 9.67. The third-order valence-electron chi connectivity index (χ3n) is 3.29. The number of aliphatic hydroxyl groups excluding tert-OH is 1. The number of hydrogen-bond acceptors (Lipinski definition) is 6. The summed E-state index contributed by atoms with van der Waals surface area (Å²) in [6, 6.07) is 4.97. The van der Waals surface area contributed by atoms with E-state index < -0.39 is 0 Å². The predicted octanol–water partition coefficient (Wildman–Crippen LogP) is 0.643. The zero-order chi connectivity index (χ0) is 14.5. The number of rotatable bonds is 4. The molecular weight excluding hydrogens is 260 g/mol. The van der Waals surface area contributed by atoms with Crippen molar-refractivity contribution < 1.29 is 19.4 Å². The fraction of sp³-hybridized carbons (Fsp3) is 0.500. The highest BCUT2D eigenvalue weighted by Gasteiger charge is 2.24. The van der Waals surface area contributed by atoms with Gasteiger partial charge in [-0.05, 0) is 25.1 Å². The van der Waals surface area contributed by atoms with E-state index in [4.69, 9.17) is 15.2 Å². The maximum atomic E-state index is 11.7. The molecule has 6 nitrogen and oxygen atoms in total. The van der Waals surface area contributed by atoms with Gasteiger partial charge in [-0.15, -0.1) is 0 Å². The van der Waals surface area contributed by atoms with E-state index in [0.29, 0.717) is 37.6 Å². The highest BCUT2D eigenvalue weighted by Crippen LogP contribution is 2.27. The molecule has 6 heteroatoms. The van der Waals surface area contributed by atoms with E-state index >= 15 is 0 Å². The van der Waals surface area contributed by atoms with E-state index in [0.717, 1.165) is 5.69 Å². The van der Waals surface area contributed by atoms with E-state index in [1.54, 1.807) is 25.1 Å². The molecule has 1 aliphatic heterocycles. The molecule has 1 aromatic carbocycles. The second kappa shape index (κ2) is 6.58. The summed E-state index contributed by atoms with van der Waals surface area (Å²) in [6.07, 6.45) is 0. The summed E-state index contributed by atoms with van der Waals surface area (Å²) in [4.78, 5) is 13.7. The highest BCUT2D eigenvalue weighted by molar-refractivity contribution is 5.92. The quantitative estimate of drug-likeness (QED) is 0.622. The van der Waals surface area contributed by atoms with Crippen LogP contribution in [0.25, 0.3) is 0 Å². The molecule has 3 N–H and O–H groups in total. The van der Waals surface area contributed by atoms with Crippen LogP contribution < -0.4 is 10.6 Å². The van der Waals surface area contributed by atoms with E-state index in [9.17, 15) is 9.90 Å². The van der Waals surface area contributed by atoms with E-state index in [1.165, 1.54) is 0 Å². The Hall–Kier alpha value is -1.79. The summed E-state index contributed by atoms with van der Waals surface area (Å²) in [7, 11) is 0. The van der Waals surface area contributed by atoms with Crippen LogP contribution in [-0.4, -0.2) is 50.1 Å². The number of anilines is 2. The molecule has 0 radical (unpaired) electrons. The minimum absolute atomic E-state index is 0.000925. The molecule has 20 heavy (non-hydrogen) atoms. The average molecular weight is 280 g/mol. The zero-order valence-electron chi connectivity index (χ0n) is 11.5. The Labute approximate surface area is 118 Å². The zero-order valence-corrected chi connectivity index (χ0v) is 11.5. The van der Waals surface area contributed by atoms with Crippen LogP contribution >= 0.6 is 0 Å². The molecule has 1 heterocycles. The van der Waals surface area contributed by atoms with Gasteiger partial charge in [-0.2, -0.15) is 0 Å². The van der Waals surface area contributed by atoms with Crippen molar-refractivity contribution in [3.05, 3.63) is 23.8 Å². The smallest absolute Gasteiger partial charge is 0.338 e. The van der Waals surface area contributed by atoms with Gasteiger partial charge in [0, 0.05) is 6.54 Å². The van der Waals surface area contributed by atoms with Gasteiger partial charge in [0.2, 0.25) is 0 Å². The summed E-state index contributed by atoms with van der Waals surface area (Å²) < 4.78 is 10.3. The predicted molar refractivity (Wildman–Crippen MR) is 75.8 cm³/mol. The van der Waals surface area contributed by atoms with Crippen LogP contribution in [-0.2, 0) is 9.47 Å². The molecule has 1 fully saturated rings. The maximum absolute atomic E-state index is 11.7. The SMILES string of the molecule is CCOC(=O)c1ccc(N2CCOCC2CO)c(N)c1. The Morgan fingerprint density at radius 1 is 1.60 bits per heavy atom. The lowest BCUT2D eigenvalue weighted by atomic mass is 10.1. The van der Waals surface area contributed by atoms with Crippen LogP contribution in [0.2, 0.25) is 0 Å². The Bertz CT molecular complexity index is 478. The van der Waals surface area contributed by atoms with Crippen molar-refractivity contribution in [2.24, 2.45) is 0 Å². The molecule has 1 unspecified atom stereocenters. The molecule has 1 aliphatic rings. The van der Waals surface area contributed by atoms with Gasteiger partial charge in [0.05, 0.1) is 49.4 Å². The molecule has 2 rings (SSSR count). The molecule has 0 spiro atoms. The Balaban J connectivity index is 2.22. The van der Waals surface area contributed by atoms with Gasteiger partial charge in [0.25, 0.3) is 0 Å². The topological polar surface area (TPSA) is 85.0 Å². The molecule has 1 aromatic rings. The lowest BCUT2D eigenvalue weighted by molar-refractivity contribution is 0.0526. The second-order valence-electron chi connectivity index (χ2n) is 4.60. The number of hydrogen-bond donors (Lipinski definition) is 2. The number of carbonyl (C=O) groups excluding carboxylic acids is 1. The Morgan fingerprint density at radius 2 is 2.40 bits per heavy atom. The van der Waals surface area contributed by atoms with E-state index in [2.05, 4.69) is 0 Å². The van der Waals surface area contributed by atoms with Crippen molar-refractivity contribution in [1.82, 2.24) is 0 Å². The molecule has 1 saturated heterocycles. The highest BCUT2D eigenvalue weighted by atomic mass is 16.5. The monoisotopic (exact) mass is 280 g/mol. The summed E-state index contributed by atoms with van der Waals surface area (Å²) in [5.41, 5.74) is 7.77. The third-order valence-corrected chi connectivity index (χ3v) is 3.29. The molecule has 0 aliphatic carbocycles. The number of carbonyl (C=O) groups is 1. The van der Waals surface area contributed by atoms with Gasteiger partial charge in [-0.1, -0.05) is 0 Å². The average Bonchev–Trinajstić information content (AvgIpc) is 2.47. The number of nitrogens with zero attached hydrogens (tertiary/aromatic N) is 1. The lowest BCUT2D eigenvalue weighted by Gasteiger charge is -2.37. The Kier molecular flexibility index (Phi) is 4.81. The summed E-state index contributed by atoms with van der Waals surface area (Å²) in [6.45, 7) is 3.81. The van der Waals surface area contributed by atoms with Crippen molar-refractivity contribution in [3.8, 4) is 0 Å². The minimum Gasteiger partial charge on any atom is -0.462 e. The summed E-state index contributed by atoms with van der Waals surface area (Å²) in [5, 5.41) is 9.39. The molecule has 0 bridgehead atoms. The van der Waals surface area contributed by atoms with E-state index in [1.807, 2.05) is 4.90 Å². The minimum atomic E-state index is -0.383. The first-order valence-corrected chi connectivity index (χ1v) is 6.69. The fourth-order valence-electron chi connectivity index (χ4n) is 2.28. The Morgan fingerprint density at radius 3 is 3.05 bits per heavy atom. The van der Waals surface area contributed by atoms with Gasteiger partial charge in [-0.25, -0.2) is 4.79 Å². The number of benzene rings is 1. The van der Waals surface area contributed by atoms with Crippen LogP contribution in [0.3, 0.4) is 0 Å². The molecule has 0 saturated carbocycles. The second-order valence-corrected chi connectivity index (χ2v) is 4.60. The van der Waals surface area contributed by atoms with Crippen molar-refractivity contribution in [1.29, 1.82) is 0 Å². The van der Waals surface area contributed by atoms with Crippen molar-refractivity contribution in [2.45, 2.75) is 13.0 Å². The molecule has 0 amide bonds. The summed E-state index contributed by atoms with van der Waals surface area (Å²) in [5.74, 6) is -0.383. The van der Waals surface area contributed by atoms with Crippen LogP contribution in [0.4, 0.5) is 11.4 Å². The number of nitrogens with two attached hydrogens (primary N) is 1. The van der Waals surface area contributed by atoms with Gasteiger partial charge in [0.1, 0.15) is 0 Å². The molecule has 1 atom stereocenters. The van der Waals surface area contributed by atoms with Crippen LogP contribution in [0.15, 0.2) is 18.2 Å². The van der Waals surface area contributed by atoms with Gasteiger partial charge in [-0.3, -0.25) is 0 Å². The maximum Gasteiger partial charge on any atom is 0.338 e. The largest absolute Gasteiger partial charge is 0.462 e. The summed E-state index contributed by atoms with van der Waals surface area (Å²) >= 11 is 0. The number of ether oxygens (including phenoxy) is 2. The standard InChI is InChI=1S/C14H20N2O4/c1-2-20-14(18)10-3-4-13(12(15)7-10)16-5-6-19-9-11(16)8-17/h3-4,7,11,17H,2,5-6,8-9,15H2,1H3. The van der Waals surface area contributed by atoms with Crippen LogP contribution in [0.5, 0.6) is 0 Å². The van der Waals surface area contributed by atoms with E-state index in [-0.39, 0.29) is 18.6 Å². The van der Waals surface area contributed by atoms with Crippen molar-refractivity contribution in [2.75, 3.05) is 43.6 Å². The first-order valence-electron chi connectivity index (χ1n) is 6.69. The molecule has 0 aromatic heterocycles. The van der Waals surface area contributed by atoms with Crippen molar-refractivity contribution in [3.63, 3.8) is 0 Å². The number of aliphatic hydroxyl groups is 1. The van der Waals surface area contributed by atoms with Crippen LogP contribution in [0, 0.1) is 0 Å². The molecule has 110 valence electrons. The van der Waals surface area contributed by atoms with Crippen molar-refractivity contribution >= 4 is 17.3 Å². The number of morpholine rings is 1. The number of nitrogen functional groups attached to an aromatic ring is 1. The van der Waals surface area contributed by atoms with Gasteiger partial charge >= 0.3 is 5.97 Å². The molecular formula is C14H20N2O4. The van der Waals surface area contributed by atoms with Gasteiger partial charge in [0.15, 0.2) is 0 Å². The fourth-order valence-corrected chi connectivity index (χ4v) is 2.28. The van der Waals surface area contributed by atoms with Crippen LogP contribution in [0.1, 0.15) is 17.3 Å². The number of esters is 1. The lowest BCUT2D eigenvalue weighted by Crippen LogP contribution is -2.47. The normalized spacial score (nSPS) is 18.9. The first kappa shape index (κ1) is 14.6.